The number of carbonyl (C=O) groups excluding carboxylic acids is 2. The number of hydrogen-bond acceptors (Lipinski definition) is 2. The van der Waals surface area contributed by atoms with Gasteiger partial charge in [-0.2, -0.15) is 0 Å². The van der Waals surface area contributed by atoms with Crippen LogP contribution in [0.3, 0.4) is 0 Å². The summed E-state index contributed by atoms with van der Waals surface area (Å²) < 4.78 is 12.9. The number of nitrogens with one attached hydrogen (secondary N) is 2. The quantitative estimate of drug-likeness (QED) is 0.867. The molecule has 0 aromatic heterocycles. The highest BCUT2D eigenvalue weighted by molar-refractivity contribution is 5.92. The van der Waals surface area contributed by atoms with Crippen molar-refractivity contribution in [2.75, 3.05) is 11.9 Å². The average molecular weight is 278 g/mol. The number of hydrogen-bond donors (Lipinski definition) is 2. The fourth-order valence-corrected chi connectivity index (χ4v) is 2.10. The van der Waals surface area contributed by atoms with Gasteiger partial charge in [-0.15, -0.1) is 0 Å². The third-order valence-electron chi connectivity index (χ3n) is 3.56. The van der Waals surface area contributed by atoms with E-state index in [1.807, 2.05) is 6.92 Å². The summed E-state index contributed by atoms with van der Waals surface area (Å²) in [4.78, 5) is 23.3. The highest BCUT2D eigenvalue weighted by Crippen LogP contribution is 2.37. The van der Waals surface area contributed by atoms with E-state index in [9.17, 15) is 14.0 Å². The van der Waals surface area contributed by atoms with Crippen LogP contribution >= 0.6 is 0 Å². The summed E-state index contributed by atoms with van der Waals surface area (Å²) in [5.74, 6) is 0.0986. The van der Waals surface area contributed by atoms with Crippen LogP contribution in [-0.2, 0) is 9.59 Å². The van der Waals surface area contributed by atoms with Gasteiger partial charge in [0.25, 0.3) is 0 Å². The summed E-state index contributed by atoms with van der Waals surface area (Å²) in [6.45, 7) is 4.09. The second-order valence-electron chi connectivity index (χ2n) is 5.37. The number of aryl methyl sites for hydroxylation is 1. The number of amides is 2. The Morgan fingerprint density at radius 2 is 2.10 bits per heavy atom. The Hall–Kier alpha value is -1.91. The molecule has 5 heteroatoms. The molecule has 4 nitrogen and oxygen atoms in total. The third kappa shape index (κ3) is 3.79. The Morgan fingerprint density at radius 3 is 2.70 bits per heavy atom. The SMILES string of the molecule is Cc1cc(F)ccc1NC(=O)CCNC(=O)[C@H]1C[C@H]1C. The van der Waals surface area contributed by atoms with Crippen LogP contribution < -0.4 is 10.6 Å². The zero-order valence-electron chi connectivity index (χ0n) is 11.7. The first-order valence-electron chi connectivity index (χ1n) is 6.81. The highest BCUT2D eigenvalue weighted by Gasteiger charge is 2.38. The Morgan fingerprint density at radius 1 is 1.40 bits per heavy atom. The van der Waals surface area contributed by atoms with Gasteiger partial charge in [0.1, 0.15) is 5.82 Å². The summed E-state index contributed by atoms with van der Waals surface area (Å²) >= 11 is 0. The lowest BCUT2D eigenvalue weighted by Gasteiger charge is -2.09. The molecule has 0 unspecified atom stereocenters. The number of anilines is 1. The molecule has 0 radical (unpaired) electrons. The topological polar surface area (TPSA) is 58.2 Å². The van der Waals surface area contributed by atoms with Gasteiger partial charge in [-0.1, -0.05) is 6.92 Å². The minimum atomic E-state index is -0.327. The zero-order chi connectivity index (χ0) is 14.7. The van der Waals surface area contributed by atoms with Crippen LogP contribution in [0.15, 0.2) is 18.2 Å². The molecule has 0 bridgehead atoms. The Bertz CT molecular complexity index is 531. The van der Waals surface area contributed by atoms with Gasteiger partial charge >= 0.3 is 0 Å². The van der Waals surface area contributed by atoms with Gasteiger partial charge in [-0.25, -0.2) is 4.39 Å². The molecule has 2 amide bonds. The van der Waals surface area contributed by atoms with Crippen molar-refractivity contribution in [3.8, 4) is 0 Å². The van der Waals surface area contributed by atoms with Crippen molar-refractivity contribution in [2.45, 2.75) is 26.7 Å². The van der Waals surface area contributed by atoms with E-state index < -0.39 is 0 Å². The molecule has 2 rings (SSSR count). The minimum absolute atomic E-state index is 0.0308. The predicted molar refractivity (Wildman–Crippen MR) is 74.7 cm³/mol. The van der Waals surface area contributed by atoms with Crippen LogP contribution in [-0.4, -0.2) is 18.4 Å². The Labute approximate surface area is 117 Å². The monoisotopic (exact) mass is 278 g/mol. The molecule has 0 spiro atoms. The van der Waals surface area contributed by atoms with Crippen molar-refractivity contribution in [3.05, 3.63) is 29.6 Å². The zero-order valence-corrected chi connectivity index (χ0v) is 11.7. The molecule has 0 saturated heterocycles. The first-order valence-corrected chi connectivity index (χ1v) is 6.81. The smallest absolute Gasteiger partial charge is 0.226 e. The maximum absolute atomic E-state index is 12.9. The van der Waals surface area contributed by atoms with Crippen molar-refractivity contribution in [2.24, 2.45) is 11.8 Å². The lowest BCUT2D eigenvalue weighted by molar-refractivity contribution is -0.122. The molecular formula is C15H19FN2O2. The number of carbonyl (C=O) groups is 2. The molecule has 1 aliphatic carbocycles. The van der Waals surface area contributed by atoms with Gasteiger partial charge in [-0.3, -0.25) is 9.59 Å². The highest BCUT2D eigenvalue weighted by atomic mass is 19.1. The van der Waals surface area contributed by atoms with Crippen LogP contribution in [0.4, 0.5) is 10.1 Å². The minimum Gasteiger partial charge on any atom is -0.355 e. The van der Waals surface area contributed by atoms with Crippen molar-refractivity contribution >= 4 is 17.5 Å². The Balaban J connectivity index is 1.73. The third-order valence-corrected chi connectivity index (χ3v) is 3.56. The van der Waals surface area contributed by atoms with Crippen molar-refractivity contribution < 1.29 is 14.0 Å². The number of benzene rings is 1. The van der Waals surface area contributed by atoms with Gasteiger partial charge in [0.15, 0.2) is 0 Å². The Kier molecular flexibility index (Phi) is 4.37. The average Bonchev–Trinajstić information content (AvgIpc) is 3.10. The molecule has 1 saturated carbocycles. The van der Waals surface area contributed by atoms with Crippen LogP contribution in [0.2, 0.25) is 0 Å². The number of rotatable bonds is 5. The molecule has 0 aliphatic heterocycles. The van der Waals surface area contributed by atoms with Crippen LogP contribution in [0.1, 0.15) is 25.3 Å². The fourth-order valence-electron chi connectivity index (χ4n) is 2.10. The normalized spacial score (nSPS) is 20.4. The lowest BCUT2D eigenvalue weighted by Crippen LogP contribution is -2.29. The van der Waals surface area contributed by atoms with Gasteiger partial charge < -0.3 is 10.6 Å². The van der Waals surface area contributed by atoms with E-state index >= 15 is 0 Å². The lowest BCUT2D eigenvalue weighted by atomic mass is 10.2. The van der Waals surface area contributed by atoms with Crippen molar-refractivity contribution in [1.82, 2.24) is 5.32 Å². The molecule has 20 heavy (non-hydrogen) atoms. The van der Waals surface area contributed by atoms with E-state index in [1.165, 1.54) is 18.2 Å². The molecule has 1 aromatic carbocycles. The molecule has 1 aromatic rings. The fraction of sp³-hybridized carbons (Fsp3) is 0.467. The van der Waals surface area contributed by atoms with Crippen molar-refractivity contribution in [3.63, 3.8) is 0 Å². The van der Waals surface area contributed by atoms with E-state index in [1.54, 1.807) is 6.92 Å². The van der Waals surface area contributed by atoms with E-state index in [2.05, 4.69) is 10.6 Å². The van der Waals surface area contributed by atoms with E-state index in [-0.39, 0.29) is 30.0 Å². The van der Waals surface area contributed by atoms with Crippen molar-refractivity contribution in [1.29, 1.82) is 0 Å². The second-order valence-corrected chi connectivity index (χ2v) is 5.37. The van der Waals surface area contributed by atoms with Gasteiger partial charge in [0, 0.05) is 24.6 Å². The van der Waals surface area contributed by atoms with Crippen LogP contribution in [0, 0.1) is 24.6 Å². The van der Waals surface area contributed by atoms with Crippen LogP contribution in [0.5, 0.6) is 0 Å². The molecule has 2 N–H and O–H groups in total. The molecule has 108 valence electrons. The summed E-state index contributed by atoms with van der Waals surface area (Å²) in [6, 6.07) is 4.21. The van der Waals surface area contributed by atoms with Crippen LogP contribution in [0.25, 0.3) is 0 Å². The first kappa shape index (κ1) is 14.5. The van der Waals surface area contributed by atoms with E-state index in [4.69, 9.17) is 0 Å². The van der Waals surface area contributed by atoms with Gasteiger partial charge in [0.2, 0.25) is 11.8 Å². The summed E-state index contributed by atoms with van der Waals surface area (Å²) in [7, 11) is 0. The van der Waals surface area contributed by atoms with E-state index in [0.29, 0.717) is 23.7 Å². The molecule has 2 atom stereocenters. The summed E-state index contributed by atoms with van der Waals surface area (Å²) in [6.07, 6.45) is 1.15. The van der Waals surface area contributed by atoms with E-state index in [0.717, 1.165) is 6.42 Å². The predicted octanol–water partition coefficient (Wildman–Crippen LogP) is 2.23. The molecule has 1 fully saturated rings. The maximum Gasteiger partial charge on any atom is 0.226 e. The summed E-state index contributed by atoms with van der Waals surface area (Å²) in [5.41, 5.74) is 1.27. The first-order chi connectivity index (χ1) is 9.47. The summed E-state index contributed by atoms with van der Waals surface area (Å²) in [5, 5.41) is 5.46. The largest absolute Gasteiger partial charge is 0.355 e. The molecular weight excluding hydrogens is 259 g/mol. The second kappa shape index (κ2) is 6.03. The van der Waals surface area contributed by atoms with Gasteiger partial charge in [-0.05, 0) is 43.0 Å². The molecule has 0 heterocycles. The molecule has 1 aliphatic rings. The van der Waals surface area contributed by atoms with Gasteiger partial charge in [0.05, 0.1) is 0 Å². The standard InChI is InChI=1S/C15H19FN2O2/c1-9-8-12(9)15(20)17-6-5-14(19)18-13-4-3-11(16)7-10(13)2/h3-4,7,9,12H,5-6,8H2,1-2H3,(H,17,20)(H,18,19)/t9-,12+/m1/s1. The number of halogens is 1. The maximum atomic E-state index is 12.9.